The summed E-state index contributed by atoms with van der Waals surface area (Å²) in [6.45, 7) is 1.04. The first-order chi connectivity index (χ1) is 35.7. The van der Waals surface area contributed by atoms with Gasteiger partial charge in [-0.15, -0.1) is 0 Å². The summed E-state index contributed by atoms with van der Waals surface area (Å²) < 4.78 is 16.1. The molecule has 19 heteroatoms. The second-order valence-corrected chi connectivity index (χ2v) is 18.9. The number of benzene rings is 5. The predicted molar refractivity (Wildman–Crippen MR) is 281 cm³/mol. The zero-order chi connectivity index (χ0) is 52.5. The number of hydrogen-bond acceptors (Lipinski definition) is 11. The minimum atomic E-state index is -0.901. The molecule has 0 aliphatic carbocycles. The molecule has 0 saturated carbocycles. The monoisotopic (exact) mass is 1040 g/mol. The van der Waals surface area contributed by atoms with E-state index < -0.39 is 35.7 Å². The average molecular weight is 1040 g/mol. The van der Waals surface area contributed by atoms with Crippen LogP contribution in [0.15, 0.2) is 134 Å². The summed E-state index contributed by atoms with van der Waals surface area (Å²) in [7, 11) is 5.72. The first-order valence-corrected chi connectivity index (χ1v) is 24.6. The van der Waals surface area contributed by atoms with Crippen molar-refractivity contribution in [3.8, 4) is 17.6 Å². The molecule has 5 atom stereocenters. The summed E-state index contributed by atoms with van der Waals surface area (Å²) in [6.07, 6.45) is 8.93. The number of hydrogen-bond donors (Lipinski definition) is 5. The number of aryl methyl sites for hydroxylation is 1. The van der Waals surface area contributed by atoms with Gasteiger partial charge in [0.15, 0.2) is 6.23 Å². The van der Waals surface area contributed by atoms with Crippen molar-refractivity contribution in [2.24, 2.45) is 18.5 Å². The number of halogens is 2. The number of nitrogens with one attached hydrogen (secondary N) is 3. The average Bonchev–Trinajstić information content (AvgIpc) is 4.07. The molecule has 2 aromatic heterocycles. The number of rotatable bonds is 16. The van der Waals surface area contributed by atoms with E-state index in [0.717, 1.165) is 39.3 Å². The Kier molecular flexibility index (Phi) is 16.6. The third-order valence-corrected chi connectivity index (χ3v) is 13.6. The maximum Gasteiger partial charge on any atom is 0.255 e. The molecule has 0 spiro atoms. The molecule has 7 aromatic rings. The van der Waals surface area contributed by atoms with E-state index in [2.05, 4.69) is 36.9 Å². The minimum absolute atomic E-state index is 0.00699. The second-order valence-electron chi connectivity index (χ2n) is 18.1. The molecular weight excluding hydrogens is 982 g/mol. The van der Waals surface area contributed by atoms with Crippen molar-refractivity contribution in [1.29, 1.82) is 5.26 Å². The molecular formula is C55H55Cl2N11O6. The van der Waals surface area contributed by atoms with Crippen molar-refractivity contribution >= 4 is 52.6 Å². The minimum Gasteiger partial charge on any atom is -0.492 e. The summed E-state index contributed by atoms with van der Waals surface area (Å²) in [5, 5.41) is 18.9. The molecule has 9 rings (SSSR count). The first-order valence-electron chi connectivity index (χ1n) is 23.8. The fourth-order valence-corrected chi connectivity index (χ4v) is 9.37. The van der Waals surface area contributed by atoms with Gasteiger partial charge in [0.05, 0.1) is 48.1 Å². The summed E-state index contributed by atoms with van der Waals surface area (Å²) in [5.74, 6) is -0.366. The molecule has 0 fully saturated rings. The third-order valence-electron chi connectivity index (χ3n) is 13.1. The van der Waals surface area contributed by atoms with Gasteiger partial charge in [-0.25, -0.2) is 9.97 Å². The zero-order valence-electron chi connectivity index (χ0n) is 40.9. The van der Waals surface area contributed by atoms with Crippen molar-refractivity contribution in [3.63, 3.8) is 0 Å². The third kappa shape index (κ3) is 12.4. The molecule has 0 saturated heterocycles. The number of nitrogens with two attached hydrogens (primary N) is 2. The van der Waals surface area contributed by atoms with Gasteiger partial charge in [0.2, 0.25) is 11.8 Å². The molecule has 7 N–H and O–H groups in total. The number of primary amides is 2. The van der Waals surface area contributed by atoms with E-state index in [1.165, 1.54) is 0 Å². The quantitative estimate of drug-likeness (QED) is 0.0691. The maximum atomic E-state index is 13.4. The Morgan fingerprint density at radius 1 is 0.797 bits per heavy atom. The lowest BCUT2D eigenvalue weighted by Gasteiger charge is -2.34. The number of aromatic nitrogens is 4. The van der Waals surface area contributed by atoms with Gasteiger partial charge in [-0.2, -0.15) is 5.26 Å². The van der Waals surface area contributed by atoms with Crippen LogP contribution in [0.1, 0.15) is 84.6 Å². The van der Waals surface area contributed by atoms with E-state index in [9.17, 15) is 19.2 Å². The summed E-state index contributed by atoms with van der Waals surface area (Å²) in [4.78, 5) is 61.9. The van der Waals surface area contributed by atoms with Crippen LogP contribution in [0.25, 0.3) is 0 Å². The van der Waals surface area contributed by atoms with Gasteiger partial charge in [-0.3, -0.25) is 24.5 Å². The van der Waals surface area contributed by atoms with Crippen LogP contribution in [0.5, 0.6) is 11.5 Å². The lowest BCUT2D eigenvalue weighted by Crippen LogP contribution is -2.46. The van der Waals surface area contributed by atoms with E-state index in [1.54, 1.807) is 85.5 Å². The van der Waals surface area contributed by atoms with Crippen molar-refractivity contribution in [3.05, 3.63) is 194 Å². The highest BCUT2D eigenvalue weighted by Gasteiger charge is 2.35. The van der Waals surface area contributed by atoms with Gasteiger partial charge in [0, 0.05) is 91.5 Å². The van der Waals surface area contributed by atoms with E-state index in [4.69, 9.17) is 49.4 Å². The van der Waals surface area contributed by atoms with Crippen molar-refractivity contribution in [2.75, 3.05) is 25.6 Å². The topological polar surface area (TPSA) is 238 Å². The highest BCUT2D eigenvalue weighted by Crippen LogP contribution is 2.42. The van der Waals surface area contributed by atoms with Crippen molar-refractivity contribution in [2.45, 2.75) is 62.5 Å². The Morgan fingerprint density at radius 2 is 1.36 bits per heavy atom. The summed E-state index contributed by atoms with van der Waals surface area (Å²) in [5.41, 5.74) is 18.0. The van der Waals surface area contributed by atoms with Crippen LogP contribution in [0, 0.1) is 11.3 Å². The van der Waals surface area contributed by atoms with Crippen LogP contribution in [0.3, 0.4) is 0 Å². The molecule has 4 amide bonds. The molecule has 0 radical (unpaired) electrons. The number of nitrogens with zero attached hydrogens (tertiary/aromatic N) is 6. The van der Waals surface area contributed by atoms with Crippen LogP contribution < -0.4 is 41.8 Å². The van der Waals surface area contributed by atoms with Gasteiger partial charge in [0.25, 0.3) is 11.8 Å². The van der Waals surface area contributed by atoms with Gasteiger partial charge in [-0.05, 0) is 72.3 Å². The van der Waals surface area contributed by atoms with Gasteiger partial charge < -0.3 is 45.6 Å². The van der Waals surface area contributed by atoms with Crippen molar-refractivity contribution in [1.82, 2.24) is 35.1 Å². The lowest BCUT2D eigenvalue weighted by atomic mass is 9.87. The smallest absolute Gasteiger partial charge is 0.255 e. The number of carbonyl (C=O) groups excluding carboxylic acids is 4. The Bertz CT molecular complexity index is 3170. The van der Waals surface area contributed by atoms with E-state index >= 15 is 0 Å². The summed E-state index contributed by atoms with van der Waals surface area (Å²) >= 11 is 11.9. The fourth-order valence-electron chi connectivity index (χ4n) is 9.12. The number of ether oxygens (including phenoxy) is 2. The van der Waals surface area contributed by atoms with Crippen LogP contribution in [-0.4, -0.2) is 81.7 Å². The Hall–Kier alpha value is -8.17. The molecule has 0 bridgehead atoms. The van der Waals surface area contributed by atoms with E-state index in [0.29, 0.717) is 64.2 Å². The Morgan fingerprint density at radius 3 is 1.91 bits per heavy atom. The van der Waals surface area contributed by atoms with E-state index in [-0.39, 0.29) is 31.0 Å². The van der Waals surface area contributed by atoms with Gasteiger partial charge in [0.1, 0.15) is 29.4 Å². The highest BCUT2D eigenvalue weighted by molar-refractivity contribution is 6.30. The lowest BCUT2D eigenvalue weighted by molar-refractivity contribution is -0.120. The largest absolute Gasteiger partial charge is 0.492 e. The number of anilines is 1. The van der Waals surface area contributed by atoms with Gasteiger partial charge >= 0.3 is 0 Å². The number of imidazole rings is 2. The fraction of sp³-hybridized carbons (Fsp3) is 0.255. The number of fused-ring (bicyclic) bond motifs is 2. The molecule has 380 valence electrons. The molecule has 5 aromatic carbocycles. The molecule has 2 aliphatic rings. The standard InChI is InChI=1S/C31H29ClN6O3.C24H26ClN5O3/c1-37(28-18-38(19-35-28)17-22-7-5-21(16-33)6-8-22)27-13-14-41-29-24(27)3-2-4-25(29)31(40)36-26(30(34)39)15-20-9-11-23(32)12-10-20;1-27-21-11-18(20-12-28-13-30(20)2)16-4-3-5-17(22(16)33-21)24(32)29-19(23(26)31)10-14-6-8-15(25)9-7-14/h2-12,18-19,26-27H,13-15,17H2,1H3,(H2,34,39)(H,36,40);3-9,12-13,18-19,21,27H,10-11H2,1-2H3,(H2,26,31)(H,29,32)/t26-,27?;18?,19-,21?/m00/s1. The van der Waals surface area contributed by atoms with Gasteiger partial charge in [-0.1, -0.05) is 83.9 Å². The number of carbonyl (C=O) groups is 4. The molecule has 17 nitrogen and oxygen atoms in total. The van der Waals surface area contributed by atoms with E-state index in [1.807, 2.05) is 79.1 Å². The van der Waals surface area contributed by atoms with Crippen LogP contribution in [0.4, 0.5) is 5.82 Å². The van der Waals surface area contributed by atoms with Crippen molar-refractivity contribution < 1.29 is 28.7 Å². The van der Waals surface area contributed by atoms with Crippen LogP contribution in [0.2, 0.25) is 10.0 Å². The summed E-state index contributed by atoms with van der Waals surface area (Å²) in [6, 6.07) is 32.7. The molecule has 3 unspecified atom stereocenters. The Balaban J connectivity index is 0.000000202. The SMILES string of the molecule is CN(c1cn(Cc2ccc(C#N)cc2)cn1)C1CCOc2c(C(=O)N[C@@H](Cc3ccc(Cl)cc3)C(N)=O)cccc21.CNC1CC(c2cncn2C)c2cccc(C(=O)N[C@@H](Cc3ccc(Cl)cc3)C(N)=O)c2O1. The Labute approximate surface area is 438 Å². The highest BCUT2D eigenvalue weighted by atomic mass is 35.5. The number of nitriles is 1. The maximum absolute atomic E-state index is 13.4. The molecule has 2 aliphatic heterocycles. The zero-order valence-corrected chi connectivity index (χ0v) is 42.4. The number of para-hydroxylation sites is 2. The second kappa shape index (κ2) is 23.6. The normalized spacial score (nSPS) is 16.2. The number of amides is 4. The first kappa shape index (κ1) is 52.2. The van der Waals surface area contributed by atoms with Crippen LogP contribution in [-0.2, 0) is 36.0 Å². The predicted octanol–water partition coefficient (Wildman–Crippen LogP) is 6.60. The molecule has 74 heavy (non-hydrogen) atoms. The van der Waals surface area contributed by atoms with Crippen LogP contribution >= 0.6 is 23.2 Å². The molecule has 4 heterocycles.